The molecule has 0 radical (unpaired) electrons. The van der Waals surface area contributed by atoms with Crippen LogP contribution < -0.4 is 5.32 Å². The van der Waals surface area contributed by atoms with E-state index in [9.17, 15) is 0 Å². The van der Waals surface area contributed by atoms with Crippen molar-refractivity contribution in [3.8, 4) is 6.07 Å². The van der Waals surface area contributed by atoms with Crippen molar-refractivity contribution in [2.75, 3.05) is 11.9 Å². The van der Waals surface area contributed by atoms with E-state index in [0.717, 1.165) is 29.5 Å². The highest BCUT2D eigenvalue weighted by atomic mass is 79.9. The molecule has 1 fully saturated rings. The summed E-state index contributed by atoms with van der Waals surface area (Å²) in [5, 5.41) is 12.2. The maximum Gasteiger partial charge on any atom is 0.0747 e. The molecule has 0 spiro atoms. The highest BCUT2D eigenvalue weighted by molar-refractivity contribution is 9.10. The van der Waals surface area contributed by atoms with Crippen LogP contribution in [0.1, 0.15) is 12.8 Å². The van der Waals surface area contributed by atoms with Crippen LogP contribution in [0.3, 0.4) is 0 Å². The molecule has 0 unspecified atom stereocenters. The van der Waals surface area contributed by atoms with Gasteiger partial charge in [-0.2, -0.15) is 5.26 Å². The summed E-state index contributed by atoms with van der Waals surface area (Å²) in [4.78, 5) is 0. The van der Waals surface area contributed by atoms with Gasteiger partial charge in [-0.25, -0.2) is 0 Å². The second-order valence-corrected chi connectivity index (χ2v) is 4.58. The summed E-state index contributed by atoms with van der Waals surface area (Å²) >= 11 is 3.46. The molecule has 1 aromatic carbocycles. The van der Waals surface area contributed by atoms with Crippen LogP contribution in [0.5, 0.6) is 0 Å². The Morgan fingerprint density at radius 2 is 2.14 bits per heavy atom. The third-order valence-corrected chi connectivity index (χ3v) is 3.27. The monoisotopic (exact) mass is 250 g/mol. The molecule has 2 nitrogen and oxygen atoms in total. The Hall–Kier alpha value is -1.01. The molecule has 1 saturated carbocycles. The maximum atomic E-state index is 8.90. The predicted octanol–water partition coefficient (Wildman–Crippen LogP) is 3.16. The lowest BCUT2D eigenvalue weighted by Crippen LogP contribution is -2.13. The van der Waals surface area contributed by atoms with Gasteiger partial charge in [-0.05, 0) is 40.9 Å². The molecule has 3 heteroatoms. The first-order valence-corrected chi connectivity index (χ1v) is 5.45. The van der Waals surface area contributed by atoms with E-state index in [0.29, 0.717) is 0 Å². The Morgan fingerprint density at radius 1 is 1.43 bits per heavy atom. The summed E-state index contributed by atoms with van der Waals surface area (Å²) in [6.45, 7) is 0.756. The maximum absolute atomic E-state index is 8.90. The van der Waals surface area contributed by atoms with Crippen LogP contribution in [0.15, 0.2) is 28.7 Å². The van der Waals surface area contributed by atoms with Crippen molar-refractivity contribution in [3.63, 3.8) is 0 Å². The van der Waals surface area contributed by atoms with Crippen LogP contribution in [0.2, 0.25) is 0 Å². The van der Waals surface area contributed by atoms with Crippen molar-refractivity contribution in [1.29, 1.82) is 5.26 Å². The zero-order valence-electron chi connectivity index (χ0n) is 7.76. The molecule has 0 atom stereocenters. The molecule has 0 aromatic heterocycles. The molecule has 0 amide bonds. The summed E-state index contributed by atoms with van der Waals surface area (Å²) < 4.78 is 1.05. The number of para-hydroxylation sites is 1. The number of nitrogens with one attached hydrogen (secondary N) is 1. The normalized spacial score (nSPS) is 17.1. The number of halogens is 1. The van der Waals surface area contributed by atoms with Crippen LogP contribution in [-0.2, 0) is 0 Å². The minimum Gasteiger partial charge on any atom is -0.383 e. The van der Waals surface area contributed by atoms with E-state index in [1.165, 1.54) is 0 Å². The summed E-state index contributed by atoms with van der Waals surface area (Å²) in [6, 6.07) is 10.3. The molecule has 1 aliphatic carbocycles. The summed E-state index contributed by atoms with van der Waals surface area (Å²) in [5.74, 6) is 0. The number of hydrogen-bond acceptors (Lipinski definition) is 2. The number of benzene rings is 1. The van der Waals surface area contributed by atoms with Gasteiger partial charge < -0.3 is 5.32 Å². The van der Waals surface area contributed by atoms with Crippen molar-refractivity contribution in [2.24, 2.45) is 5.41 Å². The molecule has 1 N–H and O–H groups in total. The smallest absolute Gasteiger partial charge is 0.0747 e. The van der Waals surface area contributed by atoms with E-state index in [-0.39, 0.29) is 5.41 Å². The van der Waals surface area contributed by atoms with E-state index in [4.69, 9.17) is 5.26 Å². The number of rotatable bonds is 3. The Bertz CT molecular complexity index is 377. The van der Waals surface area contributed by atoms with E-state index in [1.807, 2.05) is 24.3 Å². The third kappa shape index (κ3) is 1.91. The van der Waals surface area contributed by atoms with Crippen LogP contribution in [0.4, 0.5) is 5.69 Å². The van der Waals surface area contributed by atoms with E-state index in [2.05, 4.69) is 27.3 Å². The fourth-order valence-electron chi connectivity index (χ4n) is 1.35. The first-order valence-electron chi connectivity index (χ1n) is 4.65. The van der Waals surface area contributed by atoms with E-state index < -0.39 is 0 Å². The molecule has 14 heavy (non-hydrogen) atoms. The summed E-state index contributed by atoms with van der Waals surface area (Å²) in [5.41, 5.74) is 0.976. The van der Waals surface area contributed by atoms with Crippen molar-refractivity contribution in [3.05, 3.63) is 28.7 Å². The average molecular weight is 251 g/mol. The van der Waals surface area contributed by atoms with E-state index in [1.54, 1.807) is 0 Å². The fraction of sp³-hybridized carbons (Fsp3) is 0.364. The number of nitrogens with zero attached hydrogens (tertiary/aromatic N) is 1. The van der Waals surface area contributed by atoms with Gasteiger partial charge in [-0.3, -0.25) is 0 Å². The number of hydrogen-bond donors (Lipinski definition) is 1. The molecule has 0 aliphatic heterocycles. The number of nitriles is 1. The van der Waals surface area contributed by atoms with Crippen LogP contribution >= 0.6 is 15.9 Å². The lowest BCUT2D eigenvalue weighted by atomic mass is 10.1. The van der Waals surface area contributed by atoms with Crippen molar-refractivity contribution >= 4 is 21.6 Å². The van der Waals surface area contributed by atoms with E-state index >= 15 is 0 Å². The van der Waals surface area contributed by atoms with Crippen LogP contribution in [0.25, 0.3) is 0 Å². The van der Waals surface area contributed by atoms with Gasteiger partial charge in [-0.1, -0.05) is 12.1 Å². The first kappa shape index (κ1) is 9.54. The van der Waals surface area contributed by atoms with Gasteiger partial charge in [0.25, 0.3) is 0 Å². The second-order valence-electron chi connectivity index (χ2n) is 3.73. The molecule has 0 heterocycles. The second kappa shape index (κ2) is 3.62. The quantitative estimate of drug-likeness (QED) is 0.895. The van der Waals surface area contributed by atoms with Gasteiger partial charge >= 0.3 is 0 Å². The topological polar surface area (TPSA) is 35.8 Å². The van der Waals surface area contributed by atoms with Crippen molar-refractivity contribution in [1.82, 2.24) is 0 Å². The molecular formula is C11H11BrN2. The minimum absolute atomic E-state index is 0.0880. The molecule has 1 aromatic rings. The predicted molar refractivity (Wildman–Crippen MR) is 59.9 cm³/mol. The van der Waals surface area contributed by atoms with Gasteiger partial charge in [0.1, 0.15) is 0 Å². The molecule has 1 aliphatic rings. The highest BCUT2D eigenvalue weighted by Gasteiger charge is 2.42. The SMILES string of the molecule is N#CC1(CNc2ccccc2Br)CC1. The van der Waals surface area contributed by atoms with Gasteiger partial charge in [-0.15, -0.1) is 0 Å². The molecule has 72 valence electrons. The highest BCUT2D eigenvalue weighted by Crippen LogP contribution is 2.44. The van der Waals surface area contributed by atoms with Gasteiger partial charge in [0.2, 0.25) is 0 Å². The zero-order valence-corrected chi connectivity index (χ0v) is 9.34. The summed E-state index contributed by atoms with van der Waals surface area (Å²) in [6.07, 6.45) is 2.06. The molecule has 0 saturated heterocycles. The Balaban J connectivity index is 1.99. The fourth-order valence-corrected chi connectivity index (χ4v) is 1.77. The Labute approximate surface area is 92.1 Å². The van der Waals surface area contributed by atoms with Gasteiger partial charge in [0.05, 0.1) is 11.5 Å². The Kier molecular flexibility index (Phi) is 2.47. The van der Waals surface area contributed by atoms with Crippen molar-refractivity contribution in [2.45, 2.75) is 12.8 Å². The van der Waals surface area contributed by atoms with Gasteiger partial charge in [0, 0.05) is 16.7 Å². The van der Waals surface area contributed by atoms with Crippen LogP contribution in [-0.4, -0.2) is 6.54 Å². The molecule has 2 rings (SSSR count). The Morgan fingerprint density at radius 3 is 2.71 bits per heavy atom. The standard InChI is InChI=1S/C11H11BrN2/c12-9-3-1-2-4-10(9)14-8-11(7-13)5-6-11/h1-4,14H,5-6,8H2. The average Bonchev–Trinajstić information content (AvgIpc) is 2.98. The molecule has 0 bridgehead atoms. The summed E-state index contributed by atoms with van der Waals surface area (Å²) in [7, 11) is 0. The van der Waals surface area contributed by atoms with Gasteiger partial charge in [0.15, 0.2) is 0 Å². The lowest BCUT2D eigenvalue weighted by molar-refractivity contribution is 0.711. The molecular weight excluding hydrogens is 240 g/mol. The zero-order chi connectivity index (χ0) is 10.0. The minimum atomic E-state index is -0.0880. The first-order chi connectivity index (χ1) is 6.76. The van der Waals surface area contributed by atoms with Crippen LogP contribution in [0, 0.1) is 16.7 Å². The largest absolute Gasteiger partial charge is 0.383 e. The lowest BCUT2D eigenvalue weighted by Gasteiger charge is -2.10. The third-order valence-electron chi connectivity index (χ3n) is 2.58. The van der Waals surface area contributed by atoms with Crippen molar-refractivity contribution < 1.29 is 0 Å². The number of anilines is 1.